The second-order valence-electron chi connectivity index (χ2n) is 9.67. The summed E-state index contributed by atoms with van der Waals surface area (Å²) in [6.07, 6.45) is 1.91. The number of ether oxygens (including phenoxy) is 2. The number of anilines is 1. The molecule has 1 fully saturated rings. The summed E-state index contributed by atoms with van der Waals surface area (Å²) >= 11 is 0. The summed E-state index contributed by atoms with van der Waals surface area (Å²) in [5.74, 6) is 0.584. The Morgan fingerprint density at radius 2 is 1.81 bits per heavy atom. The molecule has 8 nitrogen and oxygen atoms in total. The number of hydrogen-bond acceptors (Lipinski definition) is 5. The van der Waals surface area contributed by atoms with Gasteiger partial charge in [0.05, 0.1) is 29.0 Å². The van der Waals surface area contributed by atoms with Gasteiger partial charge in [0.2, 0.25) is 11.8 Å². The van der Waals surface area contributed by atoms with Crippen LogP contribution in [0.5, 0.6) is 17.5 Å². The maximum atomic E-state index is 11.5. The molecule has 0 radical (unpaired) electrons. The van der Waals surface area contributed by atoms with Gasteiger partial charge in [-0.1, -0.05) is 42.5 Å². The Morgan fingerprint density at radius 1 is 1.06 bits per heavy atom. The summed E-state index contributed by atoms with van der Waals surface area (Å²) in [5.41, 5.74) is 6.27. The fraction of sp³-hybridized carbons (Fsp3) is 0.250. The maximum Gasteiger partial charge on any atom is 0.316 e. The van der Waals surface area contributed by atoms with E-state index < -0.39 is 17.2 Å². The molecule has 3 aromatic carbocycles. The van der Waals surface area contributed by atoms with Crippen LogP contribution in [-0.2, 0) is 15.9 Å². The van der Waals surface area contributed by atoms with Gasteiger partial charge in [-0.05, 0) is 43.4 Å². The minimum atomic E-state index is -0.773. The van der Waals surface area contributed by atoms with E-state index in [1.807, 2.05) is 49.4 Å². The van der Waals surface area contributed by atoms with Gasteiger partial charge < -0.3 is 30.7 Å². The summed E-state index contributed by atoms with van der Waals surface area (Å²) in [6.45, 7) is 2.28. The average Bonchev–Trinajstić information content (AvgIpc) is 3.43. The van der Waals surface area contributed by atoms with Crippen molar-refractivity contribution in [3.05, 3.63) is 77.9 Å². The lowest BCUT2D eigenvalue weighted by Gasteiger charge is -2.26. The van der Waals surface area contributed by atoms with Gasteiger partial charge >= 0.3 is 6.03 Å². The smallest absolute Gasteiger partial charge is 0.316 e. The number of nitrogens with two attached hydrogens (primary N) is 1. The number of fused-ring (bicyclic) bond motifs is 6. The summed E-state index contributed by atoms with van der Waals surface area (Å²) < 4.78 is 14.0. The van der Waals surface area contributed by atoms with Crippen LogP contribution >= 0.6 is 0 Å². The highest BCUT2D eigenvalue weighted by atomic mass is 16.5. The van der Waals surface area contributed by atoms with Crippen LogP contribution in [0.1, 0.15) is 37.3 Å². The Kier molecular flexibility index (Phi) is 4.91. The van der Waals surface area contributed by atoms with E-state index in [2.05, 4.69) is 5.32 Å². The summed E-state index contributed by atoms with van der Waals surface area (Å²) in [5, 5.41) is 27.4. The third-order valence-corrected chi connectivity index (χ3v) is 7.42. The van der Waals surface area contributed by atoms with Crippen LogP contribution in [0.2, 0.25) is 0 Å². The first-order valence-electron chi connectivity index (χ1n) is 12.0. The molecule has 4 aromatic rings. The van der Waals surface area contributed by atoms with Crippen molar-refractivity contribution in [3.63, 3.8) is 0 Å². The van der Waals surface area contributed by atoms with Gasteiger partial charge in [0.15, 0.2) is 0 Å². The molecule has 2 amide bonds. The number of aromatic hydroxyl groups is 2. The van der Waals surface area contributed by atoms with Gasteiger partial charge in [0.1, 0.15) is 11.4 Å². The molecule has 2 aliphatic heterocycles. The van der Waals surface area contributed by atoms with Gasteiger partial charge in [-0.25, -0.2) is 4.79 Å². The molecule has 0 unspecified atom stereocenters. The average molecular weight is 486 g/mol. The van der Waals surface area contributed by atoms with Crippen molar-refractivity contribution in [1.82, 2.24) is 4.57 Å². The first kappa shape index (κ1) is 22.3. The van der Waals surface area contributed by atoms with Gasteiger partial charge in [-0.3, -0.25) is 4.57 Å². The molecule has 2 aliphatic rings. The Bertz CT molecular complexity index is 1510. The summed E-state index contributed by atoms with van der Waals surface area (Å²) in [4.78, 5) is 11.1. The summed E-state index contributed by atoms with van der Waals surface area (Å²) in [7, 11) is 0. The second-order valence-corrected chi connectivity index (χ2v) is 9.67. The molecule has 1 aromatic heterocycles. The van der Waals surface area contributed by atoms with E-state index in [-0.39, 0.29) is 11.8 Å². The van der Waals surface area contributed by atoms with Crippen molar-refractivity contribution in [2.24, 2.45) is 5.73 Å². The number of amides is 2. The lowest BCUT2D eigenvalue weighted by atomic mass is 9.78. The number of rotatable bonds is 6. The predicted octanol–water partition coefficient (Wildman–Crippen LogP) is 5.24. The maximum absolute atomic E-state index is 11.5. The molecular formula is C28H27N3O5. The van der Waals surface area contributed by atoms with E-state index in [1.54, 1.807) is 24.3 Å². The zero-order chi connectivity index (χ0) is 25.1. The molecule has 184 valence electrons. The fourth-order valence-corrected chi connectivity index (χ4v) is 5.88. The highest BCUT2D eigenvalue weighted by molar-refractivity contribution is 5.91. The zero-order valence-electron chi connectivity index (χ0n) is 19.8. The van der Waals surface area contributed by atoms with Gasteiger partial charge in [-0.15, -0.1) is 0 Å². The van der Waals surface area contributed by atoms with E-state index >= 15 is 0 Å². The van der Waals surface area contributed by atoms with Crippen LogP contribution in [0.15, 0.2) is 66.7 Å². The van der Waals surface area contributed by atoms with Crippen molar-refractivity contribution in [2.75, 3.05) is 11.9 Å². The minimum absolute atomic E-state index is 0.00469. The van der Waals surface area contributed by atoms with Crippen LogP contribution in [0.3, 0.4) is 0 Å². The second kappa shape index (κ2) is 7.93. The number of benzene rings is 3. The Balaban J connectivity index is 1.34. The molecule has 2 atom stereocenters. The highest BCUT2D eigenvalue weighted by Gasteiger charge is 2.61. The number of hydrogen-bond donors (Lipinski definition) is 4. The first-order valence-corrected chi connectivity index (χ1v) is 12.0. The highest BCUT2D eigenvalue weighted by Crippen LogP contribution is 2.65. The van der Waals surface area contributed by atoms with Gasteiger partial charge in [0.25, 0.3) is 0 Å². The molecule has 1 saturated heterocycles. The molecule has 36 heavy (non-hydrogen) atoms. The fourth-order valence-electron chi connectivity index (χ4n) is 5.88. The van der Waals surface area contributed by atoms with E-state index in [4.69, 9.17) is 15.2 Å². The molecule has 5 N–H and O–H groups in total. The first-order chi connectivity index (χ1) is 17.3. The van der Waals surface area contributed by atoms with E-state index in [9.17, 15) is 15.0 Å². The molecule has 3 heterocycles. The minimum Gasteiger partial charge on any atom is -0.494 e. The number of aromatic nitrogens is 1. The summed E-state index contributed by atoms with van der Waals surface area (Å²) in [6, 6.07) is 20.0. The van der Waals surface area contributed by atoms with Crippen molar-refractivity contribution in [2.45, 2.75) is 37.4 Å². The van der Waals surface area contributed by atoms with Crippen molar-refractivity contribution >= 4 is 22.5 Å². The number of nitrogens with one attached hydrogen (secondary N) is 1. The largest absolute Gasteiger partial charge is 0.494 e. The lowest BCUT2D eigenvalue weighted by molar-refractivity contribution is -0.0876. The Labute approximate surface area is 207 Å². The van der Waals surface area contributed by atoms with Crippen LogP contribution in [0, 0.1) is 0 Å². The molecule has 6 rings (SSSR count). The lowest BCUT2D eigenvalue weighted by Crippen LogP contribution is -2.25. The van der Waals surface area contributed by atoms with Crippen molar-refractivity contribution < 1.29 is 24.5 Å². The standard InChI is InChI=1S/C28H27N3O5/c1-27-12-13-28(36-27,14-15-35-19-9-5-8-18(16-19)30-26(29)34)23-22(27)24(32)31(25(23)33)21-11-4-7-17-6-2-3-10-20(17)21/h2-11,16,32-33H,12-15H2,1H3,(H3,29,30,34)/t27-,28-/m1/s1. The molecule has 0 saturated carbocycles. The van der Waals surface area contributed by atoms with Crippen molar-refractivity contribution in [1.29, 1.82) is 0 Å². The topological polar surface area (TPSA) is 119 Å². The van der Waals surface area contributed by atoms with E-state index in [1.165, 1.54) is 4.57 Å². The number of urea groups is 1. The van der Waals surface area contributed by atoms with Crippen LogP contribution in [-0.4, -0.2) is 27.4 Å². The van der Waals surface area contributed by atoms with Crippen molar-refractivity contribution in [3.8, 4) is 23.2 Å². The Hall–Kier alpha value is -4.17. The molecule has 8 heteroatoms. The molecule has 2 bridgehead atoms. The number of primary amides is 1. The van der Waals surface area contributed by atoms with Crippen LogP contribution in [0.4, 0.5) is 10.5 Å². The quantitative estimate of drug-likeness (QED) is 0.298. The SMILES string of the molecule is C[C@]12CC[C@](CCOc3cccc(NC(N)=O)c3)(O1)c1c2c(O)n(-c2cccc3ccccc23)c1O. The van der Waals surface area contributed by atoms with Gasteiger partial charge in [0, 0.05) is 23.6 Å². The number of carbonyl (C=O) groups is 1. The van der Waals surface area contributed by atoms with E-state index in [0.29, 0.717) is 47.7 Å². The molecule has 0 spiro atoms. The number of nitrogens with zero attached hydrogens (tertiary/aromatic N) is 1. The van der Waals surface area contributed by atoms with Crippen LogP contribution < -0.4 is 15.8 Å². The monoisotopic (exact) mass is 485 g/mol. The normalized spacial score (nSPS) is 22.0. The van der Waals surface area contributed by atoms with E-state index in [0.717, 1.165) is 17.2 Å². The van der Waals surface area contributed by atoms with Crippen LogP contribution in [0.25, 0.3) is 16.5 Å². The molecule has 0 aliphatic carbocycles. The predicted molar refractivity (Wildman–Crippen MR) is 136 cm³/mol. The Morgan fingerprint density at radius 3 is 2.64 bits per heavy atom. The number of carbonyl (C=O) groups excluding carboxylic acids is 1. The third kappa shape index (κ3) is 3.29. The van der Waals surface area contributed by atoms with Gasteiger partial charge in [-0.2, -0.15) is 0 Å². The third-order valence-electron chi connectivity index (χ3n) is 7.42. The zero-order valence-corrected chi connectivity index (χ0v) is 19.8. The molecular weight excluding hydrogens is 458 g/mol.